The summed E-state index contributed by atoms with van der Waals surface area (Å²) in [6.45, 7) is 6.52. The Morgan fingerprint density at radius 2 is 2.03 bits per heavy atom. The van der Waals surface area contributed by atoms with Crippen LogP contribution in [0.1, 0.15) is 44.0 Å². The molecule has 3 aromatic rings. The molecule has 38 heavy (non-hydrogen) atoms. The SMILES string of the molecule is CSCC1CN(c2ccc(C(C)C)c3cc(Nc4ccnc(/C(C=N)=C5\CCC(C(F)F)N5)n4)ncc23)C1. The van der Waals surface area contributed by atoms with Crippen LogP contribution in [-0.4, -0.2) is 58.7 Å². The standard InChI is InChI=1S/C28H33F2N7S/c1-16(2)18-4-7-24(37-13-17(14-37)15-38-3)21-12-33-26(10-19(18)21)35-25-8-9-32-28(36-25)20(11-31)22-5-6-23(34-22)27(29)30/h4,7-12,16-17,23,27,31,34H,5-6,13-15H2,1-3H3,(H,32,33,35,36)/b22-20+,31-11?. The lowest BCUT2D eigenvalue weighted by Crippen LogP contribution is -2.48. The largest absolute Gasteiger partial charge is 0.379 e. The molecule has 0 spiro atoms. The fourth-order valence-corrected chi connectivity index (χ4v) is 5.93. The zero-order valence-corrected chi connectivity index (χ0v) is 22.7. The molecule has 5 rings (SSSR count). The summed E-state index contributed by atoms with van der Waals surface area (Å²) >= 11 is 1.90. The van der Waals surface area contributed by atoms with Crippen molar-refractivity contribution in [1.82, 2.24) is 20.3 Å². The molecule has 0 amide bonds. The number of halogens is 2. The molecule has 1 atom stereocenters. The van der Waals surface area contributed by atoms with Gasteiger partial charge in [0.25, 0.3) is 6.43 Å². The van der Waals surface area contributed by atoms with Gasteiger partial charge in [0.2, 0.25) is 0 Å². The summed E-state index contributed by atoms with van der Waals surface area (Å²) in [6.07, 6.45) is 5.11. The maximum Gasteiger partial charge on any atom is 0.258 e. The first-order chi connectivity index (χ1) is 18.4. The molecule has 1 unspecified atom stereocenters. The third-order valence-electron chi connectivity index (χ3n) is 7.23. The minimum atomic E-state index is -2.46. The van der Waals surface area contributed by atoms with Crippen molar-refractivity contribution in [3.05, 3.63) is 53.7 Å². The van der Waals surface area contributed by atoms with Gasteiger partial charge in [-0.25, -0.2) is 23.7 Å². The number of rotatable bonds is 9. The van der Waals surface area contributed by atoms with Crippen LogP contribution in [0.3, 0.4) is 0 Å². The molecule has 3 N–H and O–H groups in total. The normalized spacial score (nSPS) is 19.1. The molecule has 0 saturated carbocycles. The molecule has 0 radical (unpaired) electrons. The second-order valence-electron chi connectivity index (χ2n) is 10.2. The number of alkyl halides is 2. The molecular weight excluding hydrogens is 504 g/mol. The number of nitrogens with one attached hydrogen (secondary N) is 3. The predicted octanol–water partition coefficient (Wildman–Crippen LogP) is 6.07. The van der Waals surface area contributed by atoms with Gasteiger partial charge in [0.15, 0.2) is 5.82 Å². The number of benzene rings is 1. The van der Waals surface area contributed by atoms with E-state index < -0.39 is 12.5 Å². The molecule has 0 bridgehead atoms. The second-order valence-corrected chi connectivity index (χ2v) is 11.1. The lowest BCUT2D eigenvalue weighted by Gasteiger charge is -2.41. The van der Waals surface area contributed by atoms with E-state index in [-0.39, 0.29) is 0 Å². The molecule has 200 valence electrons. The number of thioether (sulfide) groups is 1. The average molecular weight is 538 g/mol. The zero-order valence-electron chi connectivity index (χ0n) is 21.8. The van der Waals surface area contributed by atoms with Crippen LogP contribution in [0.2, 0.25) is 0 Å². The Labute approximate surface area is 226 Å². The van der Waals surface area contributed by atoms with Gasteiger partial charge in [0.1, 0.15) is 11.6 Å². The summed E-state index contributed by atoms with van der Waals surface area (Å²) in [6, 6.07) is 7.34. The van der Waals surface area contributed by atoms with Crippen LogP contribution in [0.15, 0.2) is 42.4 Å². The van der Waals surface area contributed by atoms with Crippen molar-refractivity contribution >= 4 is 51.6 Å². The number of aromatic nitrogens is 3. The predicted molar refractivity (Wildman–Crippen MR) is 153 cm³/mol. The summed E-state index contributed by atoms with van der Waals surface area (Å²) in [5, 5.41) is 16.3. The average Bonchev–Trinajstić information content (AvgIpc) is 3.36. The number of pyridine rings is 1. The Morgan fingerprint density at radius 1 is 1.21 bits per heavy atom. The molecule has 2 aromatic heterocycles. The molecule has 7 nitrogen and oxygen atoms in total. The number of anilines is 3. The first kappa shape index (κ1) is 26.3. The van der Waals surface area contributed by atoms with Crippen LogP contribution < -0.4 is 15.5 Å². The number of allylic oxidation sites excluding steroid dienone is 2. The molecule has 4 heterocycles. The van der Waals surface area contributed by atoms with Crippen molar-refractivity contribution in [2.75, 3.05) is 35.3 Å². The van der Waals surface area contributed by atoms with Crippen molar-refractivity contribution in [3.8, 4) is 0 Å². The van der Waals surface area contributed by atoms with E-state index in [0.29, 0.717) is 47.5 Å². The Hall–Kier alpha value is -3.27. The Morgan fingerprint density at radius 3 is 2.71 bits per heavy atom. The topological polar surface area (TPSA) is 89.8 Å². The first-order valence-electron chi connectivity index (χ1n) is 12.9. The highest BCUT2D eigenvalue weighted by Crippen LogP contribution is 2.37. The van der Waals surface area contributed by atoms with Gasteiger partial charge in [0, 0.05) is 54.4 Å². The Kier molecular flexibility index (Phi) is 7.78. The van der Waals surface area contributed by atoms with E-state index in [1.807, 2.05) is 18.0 Å². The van der Waals surface area contributed by atoms with E-state index in [9.17, 15) is 8.78 Å². The van der Waals surface area contributed by atoms with Gasteiger partial charge in [-0.05, 0) is 59.9 Å². The molecule has 10 heteroatoms. The van der Waals surface area contributed by atoms with Crippen LogP contribution in [0, 0.1) is 11.3 Å². The van der Waals surface area contributed by atoms with Crippen molar-refractivity contribution in [3.63, 3.8) is 0 Å². The van der Waals surface area contributed by atoms with Gasteiger partial charge in [-0.1, -0.05) is 19.9 Å². The lowest BCUT2D eigenvalue weighted by molar-refractivity contribution is 0.109. The van der Waals surface area contributed by atoms with Crippen LogP contribution in [0.25, 0.3) is 16.3 Å². The van der Waals surface area contributed by atoms with E-state index >= 15 is 0 Å². The van der Waals surface area contributed by atoms with Crippen LogP contribution in [0.5, 0.6) is 0 Å². The van der Waals surface area contributed by atoms with E-state index in [4.69, 9.17) is 10.4 Å². The van der Waals surface area contributed by atoms with E-state index in [2.05, 4.69) is 63.8 Å². The monoisotopic (exact) mass is 537 g/mol. The summed E-state index contributed by atoms with van der Waals surface area (Å²) in [5.41, 5.74) is 3.48. The Balaban J connectivity index is 1.43. The number of hydrogen-bond donors (Lipinski definition) is 3. The molecule has 0 aliphatic carbocycles. The summed E-state index contributed by atoms with van der Waals surface area (Å²) in [5.74, 6) is 3.76. The van der Waals surface area contributed by atoms with Crippen molar-refractivity contribution in [1.29, 1.82) is 5.41 Å². The third kappa shape index (κ3) is 5.32. The zero-order chi connectivity index (χ0) is 26.8. The van der Waals surface area contributed by atoms with E-state index in [1.54, 1.807) is 12.3 Å². The van der Waals surface area contributed by atoms with Gasteiger partial charge in [0.05, 0.1) is 11.6 Å². The third-order valence-corrected chi connectivity index (χ3v) is 8.03. The fourth-order valence-electron chi connectivity index (χ4n) is 5.25. The quantitative estimate of drug-likeness (QED) is 0.286. The van der Waals surface area contributed by atoms with Gasteiger partial charge in [-0.3, -0.25) is 0 Å². The lowest BCUT2D eigenvalue weighted by atomic mass is 9.93. The highest BCUT2D eigenvalue weighted by atomic mass is 32.2. The second kappa shape index (κ2) is 11.2. The van der Waals surface area contributed by atoms with Crippen molar-refractivity contribution < 1.29 is 8.78 Å². The fraction of sp³-hybridized carbons (Fsp3) is 0.429. The van der Waals surface area contributed by atoms with Crippen molar-refractivity contribution in [2.24, 2.45) is 5.92 Å². The van der Waals surface area contributed by atoms with Gasteiger partial charge < -0.3 is 20.9 Å². The molecule has 2 aliphatic rings. The molecular formula is C28H33F2N7S. The van der Waals surface area contributed by atoms with Gasteiger partial charge >= 0.3 is 0 Å². The van der Waals surface area contributed by atoms with Gasteiger partial charge in [-0.15, -0.1) is 0 Å². The maximum atomic E-state index is 13.1. The summed E-state index contributed by atoms with van der Waals surface area (Å²) in [7, 11) is 0. The van der Waals surface area contributed by atoms with E-state index in [0.717, 1.165) is 36.0 Å². The minimum Gasteiger partial charge on any atom is -0.379 e. The van der Waals surface area contributed by atoms with Crippen molar-refractivity contribution in [2.45, 2.75) is 45.1 Å². The van der Waals surface area contributed by atoms with Crippen LogP contribution in [-0.2, 0) is 0 Å². The highest BCUT2D eigenvalue weighted by molar-refractivity contribution is 7.98. The molecule has 2 fully saturated rings. The van der Waals surface area contributed by atoms with E-state index in [1.165, 1.54) is 17.0 Å². The number of hydrogen-bond acceptors (Lipinski definition) is 8. The molecule has 1 aromatic carbocycles. The Bertz CT molecular complexity index is 1350. The van der Waals surface area contributed by atoms with Gasteiger partial charge in [-0.2, -0.15) is 11.8 Å². The number of fused-ring (bicyclic) bond motifs is 1. The van der Waals surface area contributed by atoms with Crippen LogP contribution in [0.4, 0.5) is 26.1 Å². The summed E-state index contributed by atoms with van der Waals surface area (Å²) < 4.78 is 26.3. The highest BCUT2D eigenvalue weighted by Gasteiger charge is 2.29. The maximum absolute atomic E-state index is 13.1. The smallest absolute Gasteiger partial charge is 0.258 e. The minimum absolute atomic E-state index is 0.311. The van der Waals surface area contributed by atoms with Crippen LogP contribution >= 0.6 is 11.8 Å². The summed E-state index contributed by atoms with van der Waals surface area (Å²) in [4.78, 5) is 16.0. The number of nitrogens with zero attached hydrogens (tertiary/aromatic N) is 4. The molecule has 2 aliphatic heterocycles. The molecule has 2 saturated heterocycles. The first-order valence-corrected chi connectivity index (χ1v) is 14.3.